The second-order valence-corrected chi connectivity index (χ2v) is 5.48. The molecule has 2 heterocycles. The van der Waals surface area contributed by atoms with Gasteiger partial charge in [-0.15, -0.1) is 0 Å². The zero-order valence-electron chi connectivity index (χ0n) is 12.4. The molecule has 0 aliphatic heterocycles. The molecule has 5 nitrogen and oxygen atoms in total. The monoisotopic (exact) mass is 275 g/mol. The van der Waals surface area contributed by atoms with Crippen LogP contribution in [-0.2, 0) is 0 Å². The van der Waals surface area contributed by atoms with Gasteiger partial charge in [0.2, 0.25) is 0 Å². The molecule has 2 aromatic heterocycles. The maximum Gasteiger partial charge on any atom is 0.272 e. The molecule has 0 aliphatic carbocycles. The fraction of sp³-hybridized carbons (Fsp3) is 0.467. The van der Waals surface area contributed by atoms with Crippen LogP contribution >= 0.6 is 0 Å². The fourth-order valence-corrected chi connectivity index (χ4v) is 2.21. The predicted octanol–water partition coefficient (Wildman–Crippen LogP) is 1.87. The van der Waals surface area contributed by atoms with Crippen molar-refractivity contribution in [1.82, 2.24) is 14.3 Å². The molecular formula is C15H21N3O2. The number of pyridine rings is 1. The first kappa shape index (κ1) is 14.5. The van der Waals surface area contributed by atoms with Crippen LogP contribution in [0.4, 0.5) is 0 Å². The van der Waals surface area contributed by atoms with E-state index < -0.39 is 6.10 Å². The Balaban J connectivity index is 2.41. The normalized spacial score (nSPS) is 12.9. The summed E-state index contributed by atoms with van der Waals surface area (Å²) in [6.45, 7) is 7.85. The average Bonchev–Trinajstić information content (AvgIpc) is 2.77. The number of imidazole rings is 1. The third-order valence-electron chi connectivity index (χ3n) is 3.22. The van der Waals surface area contributed by atoms with Crippen molar-refractivity contribution in [2.75, 3.05) is 6.54 Å². The molecule has 0 fully saturated rings. The van der Waals surface area contributed by atoms with Gasteiger partial charge in [0, 0.05) is 18.8 Å². The Bertz CT molecular complexity index is 617. The van der Waals surface area contributed by atoms with Gasteiger partial charge in [0.1, 0.15) is 11.3 Å². The lowest BCUT2D eigenvalue weighted by atomic mass is 10.2. The van der Waals surface area contributed by atoms with E-state index in [1.807, 2.05) is 39.1 Å². The quantitative estimate of drug-likeness (QED) is 0.926. The minimum Gasteiger partial charge on any atom is -0.392 e. The summed E-state index contributed by atoms with van der Waals surface area (Å²) in [6, 6.07) is 3.88. The molecule has 5 heteroatoms. The Kier molecular flexibility index (Phi) is 4.09. The Morgan fingerprint density at radius 2 is 2.10 bits per heavy atom. The molecule has 0 radical (unpaired) electrons. The van der Waals surface area contributed by atoms with Gasteiger partial charge in [-0.05, 0) is 39.3 Å². The lowest BCUT2D eigenvalue weighted by Gasteiger charge is -2.27. The van der Waals surface area contributed by atoms with Crippen molar-refractivity contribution in [2.45, 2.75) is 39.8 Å². The van der Waals surface area contributed by atoms with Gasteiger partial charge in [-0.25, -0.2) is 4.98 Å². The van der Waals surface area contributed by atoms with Crippen molar-refractivity contribution in [1.29, 1.82) is 0 Å². The number of aliphatic hydroxyl groups is 1. The van der Waals surface area contributed by atoms with Gasteiger partial charge in [0.25, 0.3) is 5.91 Å². The van der Waals surface area contributed by atoms with Gasteiger partial charge in [0.05, 0.1) is 12.3 Å². The summed E-state index contributed by atoms with van der Waals surface area (Å²) in [6.07, 6.45) is 2.94. The highest BCUT2D eigenvalue weighted by molar-refractivity contribution is 5.93. The Hall–Kier alpha value is -1.88. The molecule has 0 spiro atoms. The van der Waals surface area contributed by atoms with Crippen LogP contribution in [0.3, 0.4) is 0 Å². The van der Waals surface area contributed by atoms with Gasteiger partial charge in [-0.1, -0.05) is 6.07 Å². The second kappa shape index (κ2) is 5.63. The number of carbonyl (C=O) groups excluding carboxylic acids is 1. The largest absolute Gasteiger partial charge is 0.392 e. The van der Waals surface area contributed by atoms with E-state index in [4.69, 9.17) is 0 Å². The zero-order chi connectivity index (χ0) is 14.9. The Labute approximate surface area is 118 Å². The van der Waals surface area contributed by atoms with Crippen molar-refractivity contribution in [3.8, 4) is 0 Å². The van der Waals surface area contributed by atoms with Crippen LogP contribution in [0.1, 0.15) is 36.8 Å². The molecule has 2 rings (SSSR count). The number of carbonyl (C=O) groups is 1. The number of fused-ring (bicyclic) bond motifs is 1. The summed E-state index contributed by atoms with van der Waals surface area (Å²) in [4.78, 5) is 18.6. The van der Waals surface area contributed by atoms with E-state index in [2.05, 4.69) is 4.98 Å². The second-order valence-electron chi connectivity index (χ2n) is 5.48. The number of nitrogens with zero attached hydrogens (tertiary/aromatic N) is 3. The Morgan fingerprint density at radius 1 is 1.40 bits per heavy atom. The standard InChI is InChI=1S/C15H21N3O2/c1-10(2)17(9-12(4)19)15(20)13-7-16-14-6-5-11(3)8-18(13)14/h5-8,10,12,19H,9H2,1-4H3. The van der Waals surface area contributed by atoms with Crippen LogP contribution in [0.15, 0.2) is 24.5 Å². The number of amides is 1. The van der Waals surface area contributed by atoms with Crippen molar-refractivity contribution < 1.29 is 9.90 Å². The lowest BCUT2D eigenvalue weighted by molar-refractivity contribution is 0.0572. The number of rotatable bonds is 4. The van der Waals surface area contributed by atoms with Crippen molar-refractivity contribution in [3.63, 3.8) is 0 Å². The summed E-state index contributed by atoms with van der Waals surface area (Å²) in [5, 5.41) is 9.56. The summed E-state index contributed by atoms with van der Waals surface area (Å²) in [5.74, 6) is -0.112. The fourth-order valence-electron chi connectivity index (χ4n) is 2.21. The van der Waals surface area contributed by atoms with E-state index in [-0.39, 0.29) is 11.9 Å². The summed E-state index contributed by atoms with van der Waals surface area (Å²) < 4.78 is 1.80. The van der Waals surface area contributed by atoms with Crippen LogP contribution in [-0.4, -0.2) is 44.0 Å². The lowest BCUT2D eigenvalue weighted by Crippen LogP contribution is -2.41. The van der Waals surface area contributed by atoms with Crippen LogP contribution in [0.2, 0.25) is 0 Å². The van der Waals surface area contributed by atoms with Crippen molar-refractivity contribution >= 4 is 11.6 Å². The van der Waals surface area contributed by atoms with Crippen LogP contribution in [0, 0.1) is 6.92 Å². The number of aryl methyl sites for hydroxylation is 1. The van der Waals surface area contributed by atoms with Gasteiger partial charge in [-0.2, -0.15) is 0 Å². The molecule has 20 heavy (non-hydrogen) atoms. The van der Waals surface area contributed by atoms with E-state index in [1.54, 1.807) is 22.4 Å². The minimum absolute atomic E-state index is 0.0208. The number of hydrogen-bond donors (Lipinski definition) is 1. The van der Waals surface area contributed by atoms with Crippen molar-refractivity contribution in [2.24, 2.45) is 0 Å². The first-order chi connectivity index (χ1) is 9.40. The maximum atomic E-state index is 12.7. The van der Waals surface area contributed by atoms with Crippen molar-refractivity contribution in [3.05, 3.63) is 35.8 Å². The van der Waals surface area contributed by atoms with Gasteiger partial charge >= 0.3 is 0 Å². The van der Waals surface area contributed by atoms with E-state index in [0.717, 1.165) is 11.2 Å². The first-order valence-corrected chi connectivity index (χ1v) is 6.83. The number of aliphatic hydroxyl groups excluding tert-OH is 1. The van der Waals surface area contributed by atoms with E-state index in [9.17, 15) is 9.90 Å². The number of aromatic nitrogens is 2. The molecule has 0 aromatic carbocycles. The molecule has 1 unspecified atom stereocenters. The van der Waals surface area contributed by atoms with Crippen LogP contribution in [0.5, 0.6) is 0 Å². The van der Waals surface area contributed by atoms with E-state index in [0.29, 0.717) is 12.2 Å². The van der Waals surface area contributed by atoms with Gasteiger partial charge < -0.3 is 10.0 Å². The average molecular weight is 275 g/mol. The minimum atomic E-state index is -0.553. The van der Waals surface area contributed by atoms with E-state index >= 15 is 0 Å². The highest BCUT2D eigenvalue weighted by atomic mass is 16.3. The topological polar surface area (TPSA) is 57.8 Å². The molecule has 1 amide bonds. The highest BCUT2D eigenvalue weighted by Crippen LogP contribution is 2.13. The van der Waals surface area contributed by atoms with Gasteiger partial charge in [-0.3, -0.25) is 9.20 Å². The Morgan fingerprint density at radius 3 is 2.70 bits per heavy atom. The summed E-state index contributed by atoms with van der Waals surface area (Å²) in [7, 11) is 0. The molecule has 1 atom stereocenters. The molecule has 1 N–H and O–H groups in total. The summed E-state index contributed by atoms with van der Waals surface area (Å²) >= 11 is 0. The third-order valence-corrected chi connectivity index (χ3v) is 3.22. The third kappa shape index (κ3) is 2.82. The number of hydrogen-bond acceptors (Lipinski definition) is 3. The SMILES string of the molecule is Cc1ccc2ncc(C(=O)N(CC(C)O)C(C)C)n2c1. The van der Waals surface area contributed by atoms with Crippen LogP contribution < -0.4 is 0 Å². The molecule has 108 valence electrons. The zero-order valence-corrected chi connectivity index (χ0v) is 12.4. The highest BCUT2D eigenvalue weighted by Gasteiger charge is 2.23. The maximum absolute atomic E-state index is 12.7. The molecule has 0 saturated heterocycles. The summed E-state index contributed by atoms with van der Waals surface area (Å²) in [5.41, 5.74) is 2.34. The van der Waals surface area contributed by atoms with Gasteiger partial charge in [0.15, 0.2) is 0 Å². The smallest absolute Gasteiger partial charge is 0.272 e. The van der Waals surface area contributed by atoms with E-state index in [1.165, 1.54) is 0 Å². The molecule has 0 bridgehead atoms. The molecule has 0 saturated carbocycles. The molecule has 0 aliphatic rings. The predicted molar refractivity (Wildman–Crippen MR) is 77.8 cm³/mol. The van der Waals surface area contributed by atoms with Crippen LogP contribution in [0.25, 0.3) is 5.65 Å². The first-order valence-electron chi connectivity index (χ1n) is 6.83. The molecule has 2 aromatic rings. The molecular weight excluding hydrogens is 254 g/mol.